The number of benzene rings is 2. The van der Waals surface area contributed by atoms with Gasteiger partial charge in [-0.3, -0.25) is 0 Å². The number of anilines is 4. The molecule has 0 aliphatic heterocycles. The lowest BCUT2D eigenvalue weighted by Gasteiger charge is -2.18. The van der Waals surface area contributed by atoms with E-state index >= 15 is 0 Å². The third-order valence-electron chi connectivity index (χ3n) is 5.28. The van der Waals surface area contributed by atoms with Gasteiger partial charge in [-0.05, 0) is 61.7 Å². The minimum Gasteiger partial charge on any atom is -0.340 e. The van der Waals surface area contributed by atoms with Crippen molar-refractivity contribution >= 4 is 33.0 Å². The van der Waals surface area contributed by atoms with Gasteiger partial charge in [0.1, 0.15) is 11.6 Å². The van der Waals surface area contributed by atoms with E-state index in [0.717, 1.165) is 22.8 Å². The number of hydrogen-bond acceptors (Lipinski definition) is 7. The van der Waals surface area contributed by atoms with E-state index in [2.05, 4.69) is 25.6 Å². The van der Waals surface area contributed by atoms with E-state index in [9.17, 15) is 8.42 Å². The van der Waals surface area contributed by atoms with Crippen molar-refractivity contribution < 1.29 is 8.42 Å². The molecular formula is C26H30N6O2S. The second-order valence-electron chi connectivity index (χ2n) is 9.71. The fourth-order valence-electron chi connectivity index (χ4n) is 3.67. The summed E-state index contributed by atoms with van der Waals surface area (Å²) < 4.78 is 27.7. The van der Waals surface area contributed by atoms with Crippen LogP contribution in [0.25, 0.3) is 5.69 Å². The van der Waals surface area contributed by atoms with E-state index in [1.165, 1.54) is 0 Å². The molecule has 8 nitrogen and oxygen atoms in total. The summed E-state index contributed by atoms with van der Waals surface area (Å²) in [5.41, 5.74) is 3.01. The maximum Gasteiger partial charge on any atom is 0.229 e. The zero-order chi connectivity index (χ0) is 25.2. The van der Waals surface area contributed by atoms with Crippen LogP contribution in [0.15, 0.2) is 72.0 Å². The van der Waals surface area contributed by atoms with Crippen LogP contribution in [0.1, 0.15) is 32.2 Å². The van der Waals surface area contributed by atoms with Crippen molar-refractivity contribution in [3.8, 4) is 5.69 Å². The maximum atomic E-state index is 12.8. The molecule has 0 saturated carbocycles. The van der Waals surface area contributed by atoms with Crippen LogP contribution in [0.3, 0.4) is 0 Å². The van der Waals surface area contributed by atoms with Crippen LogP contribution >= 0.6 is 0 Å². The van der Waals surface area contributed by atoms with Crippen molar-refractivity contribution in [2.24, 2.45) is 5.41 Å². The molecule has 182 valence electrons. The normalized spacial score (nSPS) is 11.9. The van der Waals surface area contributed by atoms with E-state index in [1.807, 2.05) is 75.7 Å². The molecule has 4 aromatic rings. The topological polar surface area (TPSA) is 102 Å². The number of aryl methyl sites for hydroxylation is 2. The van der Waals surface area contributed by atoms with Gasteiger partial charge in [0.25, 0.3) is 0 Å². The molecule has 0 amide bonds. The predicted octanol–water partition coefficient (Wildman–Crippen LogP) is 5.59. The standard InChI is InChI=1S/C26H30N6O2S/c1-18-16-28-25(30-20-9-11-22(12-10-20)32-14-13-27-19(32)2)31-24(18)29-21-7-6-8-23(15-21)35(33,34)17-26(3,4)5/h6-16H,17H2,1-5H3,(H2,28,29,30,31). The first-order chi connectivity index (χ1) is 16.5. The third kappa shape index (κ3) is 6.05. The quantitative estimate of drug-likeness (QED) is 0.348. The van der Waals surface area contributed by atoms with Gasteiger partial charge >= 0.3 is 0 Å². The Morgan fingerprint density at radius 1 is 0.943 bits per heavy atom. The molecule has 0 unspecified atom stereocenters. The largest absolute Gasteiger partial charge is 0.340 e. The Morgan fingerprint density at radius 2 is 1.69 bits per heavy atom. The van der Waals surface area contributed by atoms with Gasteiger partial charge in [0.15, 0.2) is 9.84 Å². The van der Waals surface area contributed by atoms with Crippen LogP contribution in [-0.4, -0.2) is 33.7 Å². The molecule has 0 saturated heterocycles. The van der Waals surface area contributed by atoms with Gasteiger partial charge < -0.3 is 15.2 Å². The van der Waals surface area contributed by atoms with Crippen molar-refractivity contribution in [3.05, 3.63) is 78.5 Å². The Morgan fingerprint density at radius 3 is 2.34 bits per heavy atom. The Hall–Kier alpha value is -3.72. The van der Waals surface area contributed by atoms with Crippen molar-refractivity contribution in [1.29, 1.82) is 0 Å². The van der Waals surface area contributed by atoms with Gasteiger partial charge in [0.05, 0.1) is 10.6 Å². The monoisotopic (exact) mass is 490 g/mol. The summed E-state index contributed by atoms with van der Waals surface area (Å²) in [6, 6.07) is 14.7. The summed E-state index contributed by atoms with van der Waals surface area (Å²) >= 11 is 0. The van der Waals surface area contributed by atoms with Crippen molar-refractivity contribution in [3.63, 3.8) is 0 Å². The average Bonchev–Trinajstić information content (AvgIpc) is 3.21. The number of imidazole rings is 1. The van der Waals surface area contributed by atoms with E-state index < -0.39 is 9.84 Å². The summed E-state index contributed by atoms with van der Waals surface area (Å²) in [5, 5.41) is 6.46. The molecule has 2 aromatic carbocycles. The zero-order valence-electron chi connectivity index (χ0n) is 20.6. The molecule has 0 bridgehead atoms. The fourth-order valence-corrected chi connectivity index (χ4v) is 5.57. The Kier molecular flexibility index (Phi) is 6.62. The number of nitrogens with zero attached hydrogens (tertiary/aromatic N) is 4. The van der Waals surface area contributed by atoms with Gasteiger partial charge in [-0.25, -0.2) is 18.4 Å². The van der Waals surface area contributed by atoms with E-state index in [-0.39, 0.29) is 16.1 Å². The number of hydrogen-bond donors (Lipinski definition) is 2. The Labute approximate surface area is 206 Å². The summed E-state index contributed by atoms with van der Waals surface area (Å²) in [6.07, 6.45) is 5.41. The molecule has 35 heavy (non-hydrogen) atoms. The first-order valence-electron chi connectivity index (χ1n) is 11.3. The molecule has 2 N–H and O–H groups in total. The highest BCUT2D eigenvalue weighted by molar-refractivity contribution is 7.91. The molecule has 2 aromatic heterocycles. The number of aromatic nitrogens is 4. The molecule has 0 aliphatic carbocycles. The third-order valence-corrected chi connectivity index (χ3v) is 7.50. The first kappa shape index (κ1) is 24.4. The van der Waals surface area contributed by atoms with Gasteiger partial charge in [-0.1, -0.05) is 26.8 Å². The van der Waals surface area contributed by atoms with Crippen LogP contribution < -0.4 is 10.6 Å². The summed E-state index contributed by atoms with van der Waals surface area (Å²) in [5.74, 6) is 2.02. The van der Waals surface area contributed by atoms with Crippen LogP contribution in [-0.2, 0) is 9.84 Å². The molecule has 0 radical (unpaired) electrons. The smallest absolute Gasteiger partial charge is 0.229 e. The molecule has 4 rings (SSSR count). The highest BCUT2D eigenvalue weighted by Gasteiger charge is 2.23. The molecule has 2 heterocycles. The fraction of sp³-hybridized carbons (Fsp3) is 0.269. The number of rotatable bonds is 7. The van der Waals surface area contributed by atoms with E-state index in [0.29, 0.717) is 17.5 Å². The maximum absolute atomic E-state index is 12.8. The minimum absolute atomic E-state index is 0.0727. The second kappa shape index (κ2) is 9.50. The molecule has 0 aliphatic rings. The van der Waals surface area contributed by atoms with Gasteiger partial charge in [0, 0.05) is 41.2 Å². The van der Waals surface area contributed by atoms with E-state index in [1.54, 1.807) is 30.6 Å². The lowest BCUT2D eigenvalue weighted by atomic mass is 10.0. The predicted molar refractivity (Wildman–Crippen MR) is 140 cm³/mol. The Bertz CT molecular complexity index is 1440. The second-order valence-corrected chi connectivity index (χ2v) is 11.7. The molecular weight excluding hydrogens is 460 g/mol. The lowest BCUT2D eigenvalue weighted by Crippen LogP contribution is -2.20. The van der Waals surface area contributed by atoms with Crippen LogP contribution in [0.5, 0.6) is 0 Å². The van der Waals surface area contributed by atoms with Gasteiger partial charge in [-0.15, -0.1) is 0 Å². The summed E-state index contributed by atoms with van der Waals surface area (Å²) in [7, 11) is -3.41. The zero-order valence-corrected chi connectivity index (χ0v) is 21.4. The summed E-state index contributed by atoms with van der Waals surface area (Å²) in [6.45, 7) is 9.60. The number of nitrogens with one attached hydrogen (secondary N) is 2. The first-order valence-corrected chi connectivity index (χ1v) is 13.0. The van der Waals surface area contributed by atoms with Crippen LogP contribution in [0.2, 0.25) is 0 Å². The molecule has 9 heteroatoms. The van der Waals surface area contributed by atoms with Crippen molar-refractivity contribution in [1.82, 2.24) is 19.5 Å². The van der Waals surface area contributed by atoms with Crippen molar-refractivity contribution in [2.75, 3.05) is 16.4 Å². The lowest BCUT2D eigenvalue weighted by molar-refractivity contribution is 0.462. The Balaban J connectivity index is 1.52. The van der Waals surface area contributed by atoms with Crippen LogP contribution in [0, 0.1) is 19.3 Å². The average molecular weight is 491 g/mol. The molecule has 0 spiro atoms. The van der Waals surface area contributed by atoms with E-state index in [4.69, 9.17) is 0 Å². The summed E-state index contributed by atoms with van der Waals surface area (Å²) in [4.78, 5) is 13.5. The molecule has 0 fully saturated rings. The minimum atomic E-state index is -3.41. The van der Waals surface area contributed by atoms with Crippen molar-refractivity contribution in [2.45, 2.75) is 39.5 Å². The molecule has 0 atom stereocenters. The number of sulfone groups is 1. The van der Waals surface area contributed by atoms with Crippen LogP contribution in [0.4, 0.5) is 23.1 Å². The SMILES string of the molecule is Cc1cnc(Nc2ccc(-n3ccnc3C)cc2)nc1Nc1cccc(S(=O)(=O)CC(C)(C)C)c1. The van der Waals surface area contributed by atoms with Gasteiger partial charge in [0.2, 0.25) is 5.95 Å². The highest BCUT2D eigenvalue weighted by Crippen LogP contribution is 2.26. The van der Waals surface area contributed by atoms with Gasteiger partial charge in [-0.2, -0.15) is 4.98 Å². The highest BCUT2D eigenvalue weighted by atomic mass is 32.2.